The van der Waals surface area contributed by atoms with Crippen molar-refractivity contribution >= 4 is 69.0 Å². The summed E-state index contributed by atoms with van der Waals surface area (Å²) in [6.45, 7) is 8.75. The van der Waals surface area contributed by atoms with Gasteiger partial charge in [0.15, 0.2) is 13.2 Å². The van der Waals surface area contributed by atoms with E-state index in [2.05, 4.69) is 134 Å². The summed E-state index contributed by atoms with van der Waals surface area (Å²) in [5, 5.41) is 32.5. The SMILES string of the molecule is Oc1c(-c2ccccc2[OH+]CCCC[OH+]c2ccccc2-c2csc(P(c3ccccc3)c3ccccc3)c2O)csc1P(c1ccccc1)c1ccccc1.[CH2-]c1ccccc1.[CH2-]c1ccccc1.[Zr]. The summed E-state index contributed by atoms with van der Waals surface area (Å²) >= 11 is 3.24. The Balaban J connectivity index is 0.000000425. The number of para-hydroxylation sites is 2. The van der Waals surface area contributed by atoms with Crippen LogP contribution in [0.15, 0.2) is 241 Å². The summed E-state index contributed by atoms with van der Waals surface area (Å²) in [4.78, 5) is 0. The Morgan fingerprint density at radius 3 is 0.901 bits per heavy atom. The molecule has 0 saturated carbocycles. The Bertz CT molecular complexity index is 2810. The molecule has 0 spiro atoms. The molecule has 0 amide bonds. The molecule has 0 aliphatic heterocycles. The Morgan fingerprint density at radius 2 is 0.620 bits per heavy atom. The minimum Gasteiger partial charge on any atom is -0.582 e. The van der Waals surface area contributed by atoms with Gasteiger partial charge in [-0.1, -0.05) is 158 Å². The zero-order chi connectivity index (χ0) is 48.3. The number of hydrogen-bond acceptors (Lipinski definition) is 4. The fraction of sp³-hybridized carbons (Fsp3) is 0.0645. The summed E-state index contributed by atoms with van der Waals surface area (Å²) in [6, 6.07) is 77.9. The molecule has 8 aromatic carbocycles. The van der Waals surface area contributed by atoms with Crippen LogP contribution < -0.4 is 30.5 Å². The van der Waals surface area contributed by atoms with E-state index in [4.69, 9.17) is 9.47 Å². The summed E-state index contributed by atoms with van der Waals surface area (Å²) in [5.41, 5.74) is 5.69. The van der Waals surface area contributed by atoms with Gasteiger partial charge >= 0.3 is 0 Å². The second-order valence-corrected chi connectivity index (χ2v) is 22.8. The molecule has 0 aliphatic rings. The minimum atomic E-state index is -0.909. The van der Waals surface area contributed by atoms with Gasteiger partial charge in [-0.3, -0.25) is 0 Å². The second-order valence-electron chi connectivity index (χ2n) is 16.1. The van der Waals surface area contributed by atoms with E-state index in [1.807, 2.05) is 121 Å². The number of aromatic hydroxyl groups is 4. The minimum absolute atomic E-state index is 0. The molecule has 10 aromatic rings. The number of unbranched alkanes of at least 4 members (excludes halogenated alkanes) is 1. The number of hydrogen-bond donors (Lipinski definition) is 2. The van der Waals surface area contributed by atoms with Gasteiger partial charge in [0.05, 0.1) is 20.4 Å². The van der Waals surface area contributed by atoms with Crippen molar-refractivity contribution in [1.29, 1.82) is 0 Å². The fourth-order valence-corrected chi connectivity index (χ4v) is 15.6. The van der Waals surface area contributed by atoms with E-state index >= 15 is 0 Å². The van der Waals surface area contributed by atoms with Crippen LogP contribution in [0.2, 0.25) is 0 Å². The molecule has 0 radical (unpaired) electrons. The van der Waals surface area contributed by atoms with Gasteiger partial charge in [0.1, 0.15) is 11.5 Å². The van der Waals surface area contributed by atoms with Crippen molar-refractivity contribution < 1.29 is 45.9 Å². The number of benzene rings is 8. The van der Waals surface area contributed by atoms with Crippen molar-refractivity contribution in [3.63, 3.8) is 0 Å². The second kappa shape index (κ2) is 27.4. The van der Waals surface area contributed by atoms with Gasteiger partial charge in [-0.05, 0) is 33.4 Å². The van der Waals surface area contributed by atoms with E-state index in [0.717, 1.165) is 67.0 Å². The van der Waals surface area contributed by atoms with Crippen molar-refractivity contribution in [2.24, 2.45) is 0 Å². The van der Waals surface area contributed by atoms with Gasteiger partial charge in [-0.15, -0.1) is 46.9 Å². The summed E-state index contributed by atoms with van der Waals surface area (Å²) < 4.78 is 12.0. The molecule has 0 saturated heterocycles. The fourth-order valence-electron chi connectivity index (χ4n) is 7.72. The zero-order valence-electron chi connectivity index (χ0n) is 39.3. The average molecular weight is 1080 g/mol. The Labute approximate surface area is 448 Å². The number of aliphatic hydroxyl groups is 2. The largest absolute Gasteiger partial charge is 0.582 e. The van der Waals surface area contributed by atoms with Gasteiger partial charge in [0, 0.05) is 88.9 Å². The van der Waals surface area contributed by atoms with Crippen LogP contribution in [0.25, 0.3) is 22.3 Å². The predicted molar refractivity (Wildman–Crippen MR) is 304 cm³/mol. The molecule has 10 rings (SSSR count). The first-order chi connectivity index (χ1) is 34.5. The molecule has 0 aliphatic carbocycles. The Morgan fingerprint density at radius 1 is 0.352 bits per heavy atom. The van der Waals surface area contributed by atoms with Gasteiger partial charge in [0.25, 0.3) is 11.5 Å². The standard InChI is InChI=1S/C48H40O4P2S2.2C7H7.Zr/c49-45-41(33-55-47(45)53(35-19-5-1-6-20-35)36-21-7-2-8-22-36)39-27-13-15-29-43(39)51-31-17-18-32-52-44-30-16-14-28-40(44)42-34-56-48(46(42)50)54(37-23-9-3-10-24-37)38-25-11-4-12-26-38;2*1-7-5-3-2-4-6-7;/h1-16,19-30,33-34,49-50H,17-18,31-32H2;2*2-6H,1H2;/q;2*-1;/p+2. The third-order valence-corrected chi connectivity index (χ3v) is 18.9. The maximum Gasteiger partial charge on any atom is 0.262 e. The van der Waals surface area contributed by atoms with E-state index in [-0.39, 0.29) is 26.2 Å². The molecule has 4 N–H and O–H groups in total. The quantitative estimate of drug-likeness (QED) is 0.0465. The molecule has 9 heteroatoms. The van der Waals surface area contributed by atoms with E-state index in [1.165, 1.54) is 21.2 Å². The third-order valence-electron chi connectivity index (χ3n) is 11.2. The normalized spacial score (nSPS) is 10.6. The first-order valence-corrected chi connectivity index (χ1v) is 27.6. The molecule has 71 heavy (non-hydrogen) atoms. The molecular formula is C62H56O4P2S2Zr. The number of thiophene rings is 2. The molecule has 2 heterocycles. The molecule has 0 fully saturated rings. The average Bonchev–Trinajstić information content (AvgIpc) is 3.98. The predicted octanol–water partition coefficient (Wildman–Crippen LogP) is 13.8. The molecule has 0 unspecified atom stereocenters. The first-order valence-electron chi connectivity index (χ1n) is 23.2. The molecule has 4 nitrogen and oxygen atoms in total. The van der Waals surface area contributed by atoms with E-state index in [0.29, 0.717) is 24.7 Å². The van der Waals surface area contributed by atoms with Crippen LogP contribution in [0.5, 0.6) is 23.0 Å². The van der Waals surface area contributed by atoms with E-state index < -0.39 is 15.8 Å². The first kappa shape index (κ1) is 52.7. The maximum atomic E-state index is 11.8. The molecule has 2 aromatic heterocycles. The zero-order valence-corrected chi connectivity index (χ0v) is 45.2. The summed E-state index contributed by atoms with van der Waals surface area (Å²) in [6.07, 6.45) is 1.75. The van der Waals surface area contributed by atoms with Crippen LogP contribution in [0.1, 0.15) is 24.0 Å². The van der Waals surface area contributed by atoms with Crippen molar-refractivity contribution in [3.05, 3.63) is 266 Å². The number of ether oxygens (including phenoxy) is 2. The van der Waals surface area contributed by atoms with Crippen LogP contribution in [0.4, 0.5) is 0 Å². The van der Waals surface area contributed by atoms with Crippen molar-refractivity contribution in [3.8, 4) is 45.3 Å². The summed E-state index contributed by atoms with van der Waals surface area (Å²) in [7, 11) is -1.82. The van der Waals surface area contributed by atoms with Crippen LogP contribution in [0, 0.1) is 13.8 Å². The molecule has 354 valence electrons. The van der Waals surface area contributed by atoms with Crippen LogP contribution in [0.3, 0.4) is 0 Å². The van der Waals surface area contributed by atoms with E-state index in [9.17, 15) is 10.2 Å². The molecule has 0 atom stereocenters. The third kappa shape index (κ3) is 14.3. The van der Waals surface area contributed by atoms with Crippen molar-refractivity contribution in [1.82, 2.24) is 0 Å². The molecular weight excluding hydrogens is 1030 g/mol. The smallest absolute Gasteiger partial charge is 0.262 e. The van der Waals surface area contributed by atoms with Crippen molar-refractivity contribution in [2.75, 3.05) is 13.2 Å². The topological polar surface area (TPSA) is 66.1 Å². The van der Waals surface area contributed by atoms with Gasteiger partial charge < -0.3 is 19.7 Å². The summed E-state index contributed by atoms with van der Waals surface area (Å²) in [5.74, 6) is 2.45. The van der Waals surface area contributed by atoms with Gasteiger partial charge in [-0.25, -0.2) is 0 Å². The monoisotopic (exact) mass is 1080 g/mol. The van der Waals surface area contributed by atoms with E-state index in [1.54, 1.807) is 22.7 Å². The molecule has 0 bridgehead atoms. The Kier molecular flexibility index (Phi) is 20.4. The van der Waals surface area contributed by atoms with Gasteiger partial charge in [0.2, 0.25) is 0 Å². The number of rotatable bonds is 15. The van der Waals surface area contributed by atoms with Crippen LogP contribution >= 0.6 is 38.5 Å². The van der Waals surface area contributed by atoms with Crippen molar-refractivity contribution in [2.45, 2.75) is 12.8 Å². The van der Waals surface area contributed by atoms with Gasteiger partial charge in [-0.2, -0.15) is 49.2 Å². The van der Waals surface area contributed by atoms with Crippen LogP contribution in [-0.4, -0.2) is 32.9 Å². The van der Waals surface area contributed by atoms with Crippen LogP contribution in [-0.2, 0) is 26.2 Å². The maximum absolute atomic E-state index is 11.8. The Hall–Kier alpha value is -6.16.